The van der Waals surface area contributed by atoms with Gasteiger partial charge in [-0.3, -0.25) is 4.79 Å². The van der Waals surface area contributed by atoms with Crippen molar-refractivity contribution in [2.24, 2.45) is 0 Å². The summed E-state index contributed by atoms with van der Waals surface area (Å²) in [5.74, 6) is 0.380. The van der Waals surface area contributed by atoms with Crippen LogP contribution in [0.2, 0.25) is 0 Å². The summed E-state index contributed by atoms with van der Waals surface area (Å²) in [6, 6.07) is 14.7. The van der Waals surface area contributed by atoms with E-state index in [0.29, 0.717) is 17.9 Å². The zero-order chi connectivity index (χ0) is 20.2. The normalized spacial score (nSPS) is 16.6. The number of amides is 1. The van der Waals surface area contributed by atoms with E-state index in [-0.39, 0.29) is 18.4 Å². The highest BCUT2D eigenvalue weighted by atomic mass is 32.1. The molecule has 1 aliphatic rings. The molecule has 1 saturated heterocycles. The summed E-state index contributed by atoms with van der Waals surface area (Å²) >= 11 is 1.72. The summed E-state index contributed by atoms with van der Waals surface area (Å²) in [4.78, 5) is 30.8. The molecule has 1 fully saturated rings. The molecule has 1 amide bonds. The molecule has 6 nitrogen and oxygen atoms in total. The van der Waals surface area contributed by atoms with E-state index in [9.17, 15) is 9.59 Å². The first kappa shape index (κ1) is 19.4. The van der Waals surface area contributed by atoms with Crippen molar-refractivity contribution in [2.75, 3.05) is 26.8 Å². The van der Waals surface area contributed by atoms with Gasteiger partial charge in [0.15, 0.2) is 6.61 Å². The van der Waals surface area contributed by atoms with Gasteiger partial charge >= 0.3 is 5.97 Å². The first-order chi connectivity index (χ1) is 14.1. The number of hydrogen-bond donors (Lipinski definition) is 0. The molecule has 1 aromatic heterocycles. The van der Waals surface area contributed by atoms with Crippen LogP contribution in [0.1, 0.15) is 34.1 Å². The third kappa shape index (κ3) is 4.40. The molecule has 1 aliphatic heterocycles. The molecule has 0 spiro atoms. The zero-order valence-electron chi connectivity index (χ0n) is 16.2. The van der Waals surface area contributed by atoms with Crippen LogP contribution >= 0.6 is 11.3 Å². The van der Waals surface area contributed by atoms with E-state index in [1.807, 2.05) is 23.1 Å². The average Bonchev–Trinajstić information content (AvgIpc) is 3.22. The van der Waals surface area contributed by atoms with Gasteiger partial charge in [0, 0.05) is 19.0 Å². The van der Waals surface area contributed by atoms with Crippen molar-refractivity contribution >= 4 is 33.4 Å². The molecule has 3 aromatic rings. The number of para-hydroxylation sites is 1. The smallest absolute Gasteiger partial charge is 0.337 e. The van der Waals surface area contributed by atoms with Gasteiger partial charge in [0.2, 0.25) is 0 Å². The molecule has 0 bridgehead atoms. The van der Waals surface area contributed by atoms with Crippen molar-refractivity contribution in [1.29, 1.82) is 0 Å². The second-order valence-electron chi connectivity index (χ2n) is 7.00. The molecular formula is C22H22N2O4S. The van der Waals surface area contributed by atoms with Crippen LogP contribution in [0.4, 0.5) is 0 Å². The van der Waals surface area contributed by atoms with Crippen molar-refractivity contribution in [2.45, 2.75) is 18.8 Å². The van der Waals surface area contributed by atoms with Crippen LogP contribution in [-0.4, -0.2) is 48.6 Å². The molecule has 7 heteroatoms. The topological polar surface area (TPSA) is 68.7 Å². The highest BCUT2D eigenvalue weighted by molar-refractivity contribution is 7.18. The molecule has 1 atom stereocenters. The Morgan fingerprint density at radius 2 is 1.97 bits per heavy atom. The number of ether oxygens (including phenoxy) is 2. The Morgan fingerprint density at radius 1 is 1.17 bits per heavy atom. The maximum atomic E-state index is 12.7. The molecule has 150 valence electrons. The van der Waals surface area contributed by atoms with Crippen LogP contribution in [0.25, 0.3) is 10.2 Å². The summed E-state index contributed by atoms with van der Waals surface area (Å²) in [7, 11) is 1.34. The minimum Gasteiger partial charge on any atom is -0.484 e. The van der Waals surface area contributed by atoms with Crippen molar-refractivity contribution in [3.8, 4) is 5.75 Å². The summed E-state index contributed by atoms with van der Waals surface area (Å²) in [6.45, 7) is 1.39. The van der Waals surface area contributed by atoms with Crippen molar-refractivity contribution in [3.63, 3.8) is 0 Å². The number of piperidine rings is 1. The highest BCUT2D eigenvalue weighted by Gasteiger charge is 2.27. The second-order valence-corrected chi connectivity index (χ2v) is 8.07. The van der Waals surface area contributed by atoms with Crippen LogP contribution in [0, 0.1) is 0 Å². The number of nitrogens with zero attached hydrogens (tertiary/aromatic N) is 2. The quantitative estimate of drug-likeness (QED) is 0.598. The first-order valence-electron chi connectivity index (χ1n) is 9.58. The fourth-order valence-corrected chi connectivity index (χ4v) is 4.60. The molecule has 4 rings (SSSR count). The van der Waals surface area contributed by atoms with Crippen LogP contribution in [-0.2, 0) is 9.53 Å². The summed E-state index contributed by atoms with van der Waals surface area (Å²) < 4.78 is 11.5. The minimum absolute atomic E-state index is 0.0237. The fraction of sp³-hybridized carbons (Fsp3) is 0.318. The fourth-order valence-electron chi connectivity index (χ4n) is 3.51. The van der Waals surface area contributed by atoms with Crippen LogP contribution in [0.5, 0.6) is 5.75 Å². The van der Waals surface area contributed by atoms with Crippen LogP contribution in [0.3, 0.4) is 0 Å². The number of fused-ring (bicyclic) bond motifs is 1. The van der Waals surface area contributed by atoms with Gasteiger partial charge in [-0.25, -0.2) is 9.78 Å². The Hall–Kier alpha value is -2.93. The predicted octanol–water partition coefficient (Wildman–Crippen LogP) is 3.87. The molecule has 0 radical (unpaired) electrons. The maximum Gasteiger partial charge on any atom is 0.337 e. The van der Waals surface area contributed by atoms with E-state index < -0.39 is 5.97 Å². The van der Waals surface area contributed by atoms with Crippen molar-refractivity contribution < 1.29 is 19.1 Å². The number of likely N-dealkylation sites (tertiary alicyclic amines) is 1. The summed E-state index contributed by atoms with van der Waals surface area (Å²) in [6.07, 6.45) is 2.00. The van der Waals surface area contributed by atoms with Gasteiger partial charge in [0.25, 0.3) is 5.91 Å². The van der Waals surface area contributed by atoms with Gasteiger partial charge in [-0.15, -0.1) is 11.3 Å². The Kier molecular flexibility index (Phi) is 5.76. The monoisotopic (exact) mass is 410 g/mol. The number of carbonyl (C=O) groups is 2. The van der Waals surface area contributed by atoms with E-state index in [4.69, 9.17) is 9.72 Å². The lowest BCUT2D eigenvalue weighted by Crippen LogP contribution is -2.41. The lowest BCUT2D eigenvalue weighted by molar-refractivity contribution is -0.134. The van der Waals surface area contributed by atoms with Crippen LogP contribution in [0.15, 0.2) is 48.5 Å². The SMILES string of the molecule is COC(=O)c1ccc(OCC(=O)N2CCC[C@H](c3nc4ccccc4s3)C2)cc1. The number of esters is 1. The van der Waals surface area contributed by atoms with Crippen molar-refractivity contribution in [1.82, 2.24) is 9.88 Å². The average molecular weight is 410 g/mol. The highest BCUT2D eigenvalue weighted by Crippen LogP contribution is 2.33. The van der Waals surface area contributed by atoms with Gasteiger partial charge in [0.05, 0.1) is 27.9 Å². The standard InChI is InChI=1S/C22H22N2O4S/c1-27-22(26)15-8-10-17(11-9-15)28-14-20(25)24-12-4-5-16(13-24)21-23-18-6-2-3-7-19(18)29-21/h2-3,6-11,16H,4-5,12-14H2,1H3/t16-/m0/s1. The van der Waals surface area contributed by atoms with E-state index in [1.54, 1.807) is 35.6 Å². The zero-order valence-corrected chi connectivity index (χ0v) is 17.0. The van der Waals surface area contributed by atoms with Crippen molar-refractivity contribution in [3.05, 3.63) is 59.1 Å². The third-order valence-electron chi connectivity index (χ3n) is 5.07. The minimum atomic E-state index is -0.401. The molecule has 29 heavy (non-hydrogen) atoms. The third-order valence-corrected chi connectivity index (χ3v) is 6.27. The Bertz CT molecular complexity index is 982. The summed E-state index contributed by atoms with van der Waals surface area (Å²) in [5, 5.41) is 1.10. The molecule has 0 N–H and O–H groups in total. The van der Waals surface area contributed by atoms with E-state index in [1.165, 1.54) is 11.8 Å². The molecular weight excluding hydrogens is 388 g/mol. The maximum absolute atomic E-state index is 12.7. The first-order valence-corrected chi connectivity index (χ1v) is 10.4. The van der Waals surface area contributed by atoms with E-state index in [2.05, 4.69) is 10.8 Å². The van der Waals surface area contributed by atoms with E-state index in [0.717, 1.165) is 29.9 Å². The Balaban J connectivity index is 1.35. The Labute approximate surface area is 173 Å². The number of carbonyl (C=O) groups excluding carboxylic acids is 2. The molecule has 2 heterocycles. The van der Waals surface area contributed by atoms with Gasteiger partial charge < -0.3 is 14.4 Å². The van der Waals surface area contributed by atoms with Gasteiger partial charge in [-0.05, 0) is 49.2 Å². The van der Waals surface area contributed by atoms with Crippen LogP contribution < -0.4 is 4.74 Å². The van der Waals surface area contributed by atoms with E-state index >= 15 is 0 Å². The number of thiazole rings is 1. The Morgan fingerprint density at radius 3 is 2.72 bits per heavy atom. The molecule has 0 aliphatic carbocycles. The number of hydrogen-bond acceptors (Lipinski definition) is 6. The lowest BCUT2D eigenvalue weighted by Gasteiger charge is -2.31. The summed E-state index contributed by atoms with van der Waals surface area (Å²) in [5.41, 5.74) is 1.47. The molecule has 2 aromatic carbocycles. The molecule has 0 unspecified atom stereocenters. The van der Waals surface area contributed by atoms with Gasteiger partial charge in [0.1, 0.15) is 5.75 Å². The largest absolute Gasteiger partial charge is 0.484 e. The number of benzene rings is 2. The van der Waals surface area contributed by atoms with Gasteiger partial charge in [-0.2, -0.15) is 0 Å². The van der Waals surface area contributed by atoms with Gasteiger partial charge in [-0.1, -0.05) is 12.1 Å². The molecule has 0 saturated carbocycles. The number of rotatable bonds is 5. The second kappa shape index (κ2) is 8.61. The number of methoxy groups -OCH3 is 1. The number of aromatic nitrogens is 1. The predicted molar refractivity (Wildman–Crippen MR) is 111 cm³/mol. The lowest BCUT2D eigenvalue weighted by atomic mass is 9.99.